The number of halogens is 1. The topological polar surface area (TPSA) is 42.2 Å². The number of benzene rings is 1. The zero-order chi connectivity index (χ0) is 13.6. The average Bonchev–Trinajstić information content (AvgIpc) is 3.12. The Morgan fingerprint density at radius 3 is 2.89 bits per heavy atom. The van der Waals surface area contributed by atoms with Crippen molar-refractivity contribution in [1.82, 2.24) is 4.57 Å². The van der Waals surface area contributed by atoms with Crippen molar-refractivity contribution < 1.29 is 14.3 Å². The first-order chi connectivity index (χ1) is 9.06. The molecular formula is C15H16FNO2. The molecule has 4 heteroatoms. The van der Waals surface area contributed by atoms with Gasteiger partial charge in [-0.15, -0.1) is 0 Å². The monoisotopic (exact) mass is 261 g/mol. The Kier molecular flexibility index (Phi) is 2.81. The van der Waals surface area contributed by atoms with E-state index in [4.69, 9.17) is 5.11 Å². The highest BCUT2D eigenvalue weighted by Crippen LogP contribution is 2.45. The molecule has 0 radical (unpaired) electrons. The van der Waals surface area contributed by atoms with Crippen molar-refractivity contribution >= 4 is 16.9 Å². The summed E-state index contributed by atoms with van der Waals surface area (Å²) in [7, 11) is 1.91. The normalized spacial score (nSPS) is 16.7. The molecular weight excluding hydrogens is 245 g/mol. The number of carboxylic acids is 1. The number of fused-ring (bicyclic) bond motifs is 1. The van der Waals surface area contributed by atoms with Gasteiger partial charge in [0.1, 0.15) is 5.82 Å². The van der Waals surface area contributed by atoms with Crippen molar-refractivity contribution in [3.63, 3.8) is 0 Å². The van der Waals surface area contributed by atoms with Crippen LogP contribution in [-0.2, 0) is 11.8 Å². The minimum absolute atomic E-state index is 0.0114. The lowest BCUT2D eigenvalue weighted by Gasteiger charge is -2.16. The third-order valence-corrected chi connectivity index (χ3v) is 3.99. The number of aryl methyl sites for hydroxylation is 1. The lowest BCUT2D eigenvalue weighted by atomic mass is 9.90. The summed E-state index contributed by atoms with van der Waals surface area (Å²) in [6.07, 6.45) is 3.90. The fourth-order valence-electron chi connectivity index (χ4n) is 2.81. The van der Waals surface area contributed by atoms with Gasteiger partial charge in [-0.2, -0.15) is 0 Å². The van der Waals surface area contributed by atoms with Crippen LogP contribution in [0.15, 0.2) is 24.4 Å². The summed E-state index contributed by atoms with van der Waals surface area (Å²) in [5.41, 5.74) is 1.51. The van der Waals surface area contributed by atoms with E-state index in [2.05, 4.69) is 0 Å². The Morgan fingerprint density at radius 1 is 1.53 bits per heavy atom. The average molecular weight is 261 g/mol. The number of hydrogen-bond acceptors (Lipinski definition) is 1. The summed E-state index contributed by atoms with van der Waals surface area (Å²) in [6.45, 7) is 0. The number of rotatable bonds is 4. The van der Waals surface area contributed by atoms with E-state index < -0.39 is 5.97 Å². The molecule has 1 aliphatic carbocycles. The Hall–Kier alpha value is -1.84. The van der Waals surface area contributed by atoms with Crippen LogP contribution >= 0.6 is 0 Å². The third kappa shape index (κ3) is 2.23. The van der Waals surface area contributed by atoms with Crippen LogP contribution in [0.25, 0.3) is 10.9 Å². The quantitative estimate of drug-likeness (QED) is 0.917. The molecule has 1 heterocycles. The Bertz CT molecular complexity index is 643. The first-order valence-corrected chi connectivity index (χ1v) is 6.52. The second kappa shape index (κ2) is 4.37. The first-order valence-electron chi connectivity index (χ1n) is 6.52. The van der Waals surface area contributed by atoms with Crippen LogP contribution in [0, 0.1) is 11.7 Å². The smallest absolute Gasteiger partial charge is 0.303 e. The van der Waals surface area contributed by atoms with Gasteiger partial charge in [0.05, 0.1) is 6.42 Å². The zero-order valence-electron chi connectivity index (χ0n) is 10.8. The van der Waals surface area contributed by atoms with Gasteiger partial charge in [-0.3, -0.25) is 4.79 Å². The second-order valence-corrected chi connectivity index (χ2v) is 5.40. The van der Waals surface area contributed by atoms with Gasteiger partial charge < -0.3 is 9.67 Å². The first kappa shape index (κ1) is 12.2. The predicted octanol–water partition coefficient (Wildman–Crippen LogP) is 3.29. The number of carbonyl (C=O) groups is 1. The number of nitrogens with zero attached hydrogens (tertiary/aromatic N) is 1. The van der Waals surface area contributed by atoms with Gasteiger partial charge in [-0.1, -0.05) is 0 Å². The Morgan fingerprint density at radius 2 is 2.26 bits per heavy atom. The van der Waals surface area contributed by atoms with E-state index in [1.54, 1.807) is 0 Å². The molecule has 1 N–H and O–H groups in total. The molecule has 1 aromatic heterocycles. The molecule has 2 aromatic rings. The standard InChI is InChI=1S/C15H16FNO2/c1-17-5-4-10-6-13(16)12(7-14(10)17)11(8-15(18)19)9-2-3-9/h4-7,9,11H,2-3,8H2,1H3,(H,18,19). The van der Waals surface area contributed by atoms with Crippen LogP contribution in [-0.4, -0.2) is 15.6 Å². The fourth-order valence-corrected chi connectivity index (χ4v) is 2.81. The molecule has 100 valence electrons. The van der Waals surface area contributed by atoms with Crippen molar-refractivity contribution in [3.05, 3.63) is 35.8 Å². The summed E-state index contributed by atoms with van der Waals surface area (Å²) < 4.78 is 16.1. The SMILES string of the molecule is Cn1ccc2cc(F)c(C(CC(=O)O)C3CC3)cc21. The highest BCUT2D eigenvalue weighted by molar-refractivity contribution is 5.81. The van der Waals surface area contributed by atoms with E-state index in [1.807, 2.05) is 29.9 Å². The molecule has 1 aliphatic rings. The summed E-state index contributed by atoms with van der Waals surface area (Å²) in [6, 6.07) is 5.20. The maximum atomic E-state index is 14.2. The maximum absolute atomic E-state index is 14.2. The second-order valence-electron chi connectivity index (χ2n) is 5.40. The maximum Gasteiger partial charge on any atom is 0.303 e. The van der Waals surface area contributed by atoms with Crippen molar-refractivity contribution in [3.8, 4) is 0 Å². The van der Waals surface area contributed by atoms with Crippen LogP contribution in [0.4, 0.5) is 4.39 Å². The largest absolute Gasteiger partial charge is 0.481 e. The molecule has 0 spiro atoms. The minimum Gasteiger partial charge on any atom is -0.481 e. The van der Waals surface area contributed by atoms with Gasteiger partial charge in [-0.25, -0.2) is 4.39 Å². The highest BCUT2D eigenvalue weighted by atomic mass is 19.1. The molecule has 1 aromatic carbocycles. The Labute approximate surface area is 110 Å². The summed E-state index contributed by atoms with van der Waals surface area (Å²) >= 11 is 0. The van der Waals surface area contributed by atoms with Gasteiger partial charge in [0, 0.05) is 30.1 Å². The number of carboxylic acid groups (broad SMARTS) is 1. The van der Waals surface area contributed by atoms with E-state index in [1.165, 1.54) is 6.07 Å². The van der Waals surface area contributed by atoms with Crippen LogP contribution in [0.2, 0.25) is 0 Å². The van der Waals surface area contributed by atoms with Gasteiger partial charge in [0.25, 0.3) is 0 Å². The minimum atomic E-state index is -0.858. The molecule has 3 nitrogen and oxygen atoms in total. The molecule has 0 bridgehead atoms. The molecule has 1 atom stereocenters. The molecule has 0 amide bonds. The lowest BCUT2D eigenvalue weighted by molar-refractivity contribution is -0.137. The van der Waals surface area contributed by atoms with Gasteiger partial charge in [0.2, 0.25) is 0 Å². The van der Waals surface area contributed by atoms with Gasteiger partial charge in [0.15, 0.2) is 0 Å². The van der Waals surface area contributed by atoms with E-state index >= 15 is 0 Å². The summed E-state index contributed by atoms with van der Waals surface area (Å²) in [4.78, 5) is 11.0. The van der Waals surface area contributed by atoms with E-state index in [0.29, 0.717) is 11.5 Å². The molecule has 19 heavy (non-hydrogen) atoms. The lowest BCUT2D eigenvalue weighted by Crippen LogP contribution is -2.10. The van der Waals surface area contributed by atoms with Crippen LogP contribution in [0.3, 0.4) is 0 Å². The fraction of sp³-hybridized carbons (Fsp3) is 0.400. The van der Waals surface area contributed by atoms with E-state index in [0.717, 1.165) is 23.7 Å². The third-order valence-electron chi connectivity index (χ3n) is 3.99. The van der Waals surface area contributed by atoms with E-state index in [9.17, 15) is 9.18 Å². The van der Waals surface area contributed by atoms with Crippen molar-refractivity contribution in [1.29, 1.82) is 0 Å². The zero-order valence-corrected chi connectivity index (χ0v) is 10.8. The van der Waals surface area contributed by atoms with Crippen LogP contribution < -0.4 is 0 Å². The predicted molar refractivity (Wildman–Crippen MR) is 70.6 cm³/mol. The molecule has 1 fully saturated rings. The number of hydrogen-bond donors (Lipinski definition) is 1. The molecule has 1 unspecified atom stereocenters. The summed E-state index contributed by atoms with van der Waals surface area (Å²) in [5, 5.41) is 9.87. The van der Waals surface area contributed by atoms with Gasteiger partial charge in [-0.05, 0) is 42.5 Å². The molecule has 1 saturated carbocycles. The van der Waals surface area contributed by atoms with Crippen molar-refractivity contribution in [2.45, 2.75) is 25.2 Å². The van der Waals surface area contributed by atoms with Gasteiger partial charge >= 0.3 is 5.97 Å². The van der Waals surface area contributed by atoms with Crippen LogP contribution in [0.5, 0.6) is 0 Å². The van der Waals surface area contributed by atoms with Crippen molar-refractivity contribution in [2.75, 3.05) is 0 Å². The van der Waals surface area contributed by atoms with E-state index in [-0.39, 0.29) is 18.2 Å². The molecule has 3 rings (SSSR count). The Balaban J connectivity index is 2.08. The number of aromatic nitrogens is 1. The number of aliphatic carboxylic acids is 1. The highest BCUT2D eigenvalue weighted by Gasteiger charge is 2.35. The molecule has 0 saturated heterocycles. The van der Waals surface area contributed by atoms with Crippen molar-refractivity contribution in [2.24, 2.45) is 13.0 Å². The van der Waals surface area contributed by atoms with Crippen LogP contribution in [0.1, 0.15) is 30.7 Å². The molecule has 0 aliphatic heterocycles. The summed E-state index contributed by atoms with van der Waals surface area (Å²) in [5.74, 6) is -1.01.